The van der Waals surface area contributed by atoms with Crippen molar-refractivity contribution in [1.29, 1.82) is 0 Å². The molecule has 4 nitrogen and oxygen atoms in total. The molecule has 0 spiro atoms. The second-order valence-corrected chi connectivity index (χ2v) is 6.92. The number of nitrogens with one attached hydrogen (secondary N) is 1. The number of hydrogen-bond donors (Lipinski definition) is 1. The van der Waals surface area contributed by atoms with Crippen LogP contribution >= 0.6 is 11.6 Å². The van der Waals surface area contributed by atoms with E-state index < -0.39 is 0 Å². The molecule has 0 bridgehead atoms. The van der Waals surface area contributed by atoms with Gasteiger partial charge in [0.25, 0.3) is 5.91 Å². The molecule has 25 heavy (non-hydrogen) atoms. The maximum absolute atomic E-state index is 12.0. The Labute approximate surface area is 154 Å². The van der Waals surface area contributed by atoms with Crippen LogP contribution in [0.5, 0.6) is 5.75 Å². The zero-order valence-electron chi connectivity index (χ0n) is 15.2. The fourth-order valence-electron chi connectivity index (χ4n) is 2.64. The van der Waals surface area contributed by atoms with E-state index in [-0.39, 0.29) is 12.5 Å². The molecule has 0 fully saturated rings. The smallest absolute Gasteiger partial charge is 0.258 e. The van der Waals surface area contributed by atoms with Crippen molar-refractivity contribution in [2.45, 2.75) is 26.9 Å². The monoisotopic (exact) mass is 360 g/mol. The van der Waals surface area contributed by atoms with Gasteiger partial charge in [-0.1, -0.05) is 35.9 Å². The largest absolute Gasteiger partial charge is 0.483 e. The van der Waals surface area contributed by atoms with Crippen molar-refractivity contribution in [3.8, 4) is 5.75 Å². The molecule has 0 aliphatic rings. The summed E-state index contributed by atoms with van der Waals surface area (Å²) < 4.78 is 5.66. The second-order valence-electron chi connectivity index (χ2n) is 6.49. The van der Waals surface area contributed by atoms with E-state index in [1.807, 2.05) is 52.2 Å². The minimum Gasteiger partial charge on any atom is -0.483 e. The van der Waals surface area contributed by atoms with E-state index in [2.05, 4.69) is 22.3 Å². The number of aryl methyl sites for hydroxylation is 2. The average Bonchev–Trinajstić information content (AvgIpc) is 2.52. The molecule has 134 valence electrons. The number of ether oxygens (including phenoxy) is 1. The first-order chi connectivity index (χ1) is 11.8. The molecule has 0 heterocycles. The van der Waals surface area contributed by atoms with Gasteiger partial charge in [-0.15, -0.1) is 0 Å². The first kappa shape index (κ1) is 19.3. The SMILES string of the molecule is Cc1cc(Cl)cc(C)c1OCC(=O)NCc1ccc(CN(C)C)cc1. The summed E-state index contributed by atoms with van der Waals surface area (Å²) in [5.74, 6) is 0.568. The molecule has 0 aliphatic carbocycles. The summed E-state index contributed by atoms with van der Waals surface area (Å²) in [6, 6.07) is 11.9. The summed E-state index contributed by atoms with van der Waals surface area (Å²) in [5, 5.41) is 3.55. The van der Waals surface area contributed by atoms with Gasteiger partial charge in [0.15, 0.2) is 6.61 Å². The summed E-state index contributed by atoms with van der Waals surface area (Å²) in [4.78, 5) is 14.1. The lowest BCUT2D eigenvalue weighted by Crippen LogP contribution is -2.28. The van der Waals surface area contributed by atoms with Gasteiger partial charge in [-0.25, -0.2) is 0 Å². The number of amides is 1. The predicted octanol–water partition coefficient (Wildman–Crippen LogP) is 3.71. The van der Waals surface area contributed by atoms with Gasteiger partial charge >= 0.3 is 0 Å². The Morgan fingerprint density at radius 1 is 1.08 bits per heavy atom. The molecule has 0 aromatic heterocycles. The Bertz CT molecular complexity index is 704. The van der Waals surface area contributed by atoms with E-state index in [0.717, 1.165) is 23.2 Å². The fraction of sp³-hybridized carbons (Fsp3) is 0.350. The number of halogens is 1. The van der Waals surface area contributed by atoms with Crippen LogP contribution < -0.4 is 10.1 Å². The summed E-state index contributed by atoms with van der Waals surface area (Å²) in [5.41, 5.74) is 4.16. The summed E-state index contributed by atoms with van der Waals surface area (Å²) >= 11 is 6.00. The molecule has 0 aliphatic heterocycles. The van der Waals surface area contributed by atoms with Gasteiger partial charge in [-0.3, -0.25) is 4.79 Å². The van der Waals surface area contributed by atoms with E-state index in [9.17, 15) is 4.79 Å². The highest BCUT2D eigenvalue weighted by molar-refractivity contribution is 6.30. The number of nitrogens with zero attached hydrogens (tertiary/aromatic N) is 1. The molecule has 5 heteroatoms. The zero-order valence-corrected chi connectivity index (χ0v) is 16.0. The summed E-state index contributed by atoms with van der Waals surface area (Å²) in [7, 11) is 4.08. The van der Waals surface area contributed by atoms with Gasteiger partial charge in [0.2, 0.25) is 0 Å². The van der Waals surface area contributed by atoms with Crippen LogP contribution in [0.15, 0.2) is 36.4 Å². The molecule has 2 aromatic carbocycles. The second kappa shape index (κ2) is 8.88. The number of carbonyl (C=O) groups excluding carboxylic acids is 1. The average molecular weight is 361 g/mol. The standard InChI is InChI=1S/C20H25ClN2O2/c1-14-9-18(21)10-15(2)20(14)25-13-19(24)22-11-16-5-7-17(8-6-16)12-23(3)4/h5-10H,11-13H2,1-4H3,(H,22,24). The van der Waals surface area contributed by atoms with Crippen LogP contribution in [0.25, 0.3) is 0 Å². The van der Waals surface area contributed by atoms with E-state index in [1.54, 1.807) is 0 Å². The highest BCUT2D eigenvalue weighted by Gasteiger charge is 2.09. The zero-order chi connectivity index (χ0) is 18.4. The van der Waals surface area contributed by atoms with E-state index in [1.165, 1.54) is 5.56 Å². The molecule has 1 N–H and O–H groups in total. The molecule has 0 saturated carbocycles. The van der Waals surface area contributed by atoms with Crippen molar-refractivity contribution in [2.24, 2.45) is 0 Å². The van der Waals surface area contributed by atoms with Crippen molar-refractivity contribution in [3.63, 3.8) is 0 Å². The lowest BCUT2D eigenvalue weighted by Gasteiger charge is -2.13. The topological polar surface area (TPSA) is 41.6 Å². The Morgan fingerprint density at radius 2 is 1.64 bits per heavy atom. The van der Waals surface area contributed by atoms with Gasteiger partial charge in [-0.2, -0.15) is 0 Å². The number of hydrogen-bond acceptors (Lipinski definition) is 3. The first-order valence-corrected chi connectivity index (χ1v) is 8.61. The van der Waals surface area contributed by atoms with Crippen molar-refractivity contribution in [2.75, 3.05) is 20.7 Å². The van der Waals surface area contributed by atoms with E-state index in [0.29, 0.717) is 17.3 Å². The molecule has 0 saturated heterocycles. The van der Waals surface area contributed by atoms with E-state index in [4.69, 9.17) is 16.3 Å². The normalized spacial score (nSPS) is 10.8. The molecular formula is C20H25ClN2O2. The van der Waals surface area contributed by atoms with Gasteiger partial charge in [0.1, 0.15) is 5.75 Å². The van der Waals surface area contributed by atoms with Gasteiger partial charge in [0, 0.05) is 18.1 Å². The number of carbonyl (C=O) groups is 1. The minimum atomic E-state index is -0.147. The highest BCUT2D eigenvalue weighted by Crippen LogP contribution is 2.26. The number of benzene rings is 2. The Kier molecular flexibility index (Phi) is 6.85. The molecule has 0 radical (unpaired) electrons. The maximum Gasteiger partial charge on any atom is 0.258 e. The van der Waals surface area contributed by atoms with E-state index >= 15 is 0 Å². The molecule has 2 aromatic rings. The van der Waals surface area contributed by atoms with Crippen molar-refractivity contribution in [1.82, 2.24) is 10.2 Å². The molecule has 0 atom stereocenters. The molecule has 0 unspecified atom stereocenters. The van der Waals surface area contributed by atoms with Gasteiger partial charge in [-0.05, 0) is 62.3 Å². The Hall–Kier alpha value is -2.04. The third-order valence-corrected chi connectivity index (χ3v) is 4.00. The number of rotatable bonds is 7. The van der Waals surface area contributed by atoms with Crippen LogP contribution in [-0.4, -0.2) is 31.5 Å². The Balaban J connectivity index is 1.83. The van der Waals surface area contributed by atoms with Crippen LogP contribution in [0.4, 0.5) is 0 Å². The lowest BCUT2D eigenvalue weighted by molar-refractivity contribution is -0.123. The molecule has 2 rings (SSSR count). The highest BCUT2D eigenvalue weighted by atomic mass is 35.5. The van der Waals surface area contributed by atoms with Gasteiger partial charge in [0.05, 0.1) is 0 Å². The van der Waals surface area contributed by atoms with Gasteiger partial charge < -0.3 is 15.0 Å². The third-order valence-electron chi connectivity index (χ3n) is 3.78. The molecule has 1 amide bonds. The van der Waals surface area contributed by atoms with Crippen LogP contribution in [0, 0.1) is 13.8 Å². The summed E-state index contributed by atoms with van der Waals surface area (Å²) in [6.45, 7) is 5.22. The lowest BCUT2D eigenvalue weighted by atomic mass is 10.1. The van der Waals surface area contributed by atoms with Crippen molar-refractivity contribution in [3.05, 3.63) is 63.7 Å². The Morgan fingerprint density at radius 3 is 2.20 bits per heavy atom. The van der Waals surface area contributed by atoms with Crippen molar-refractivity contribution < 1.29 is 9.53 Å². The summed E-state index contributed by atoms with van der Waals surface area (Å²) in [6.07, 6.45) is 0. The predicted molar refractivity (Wildman–Crippen MR) is 102 cm³/mol. The quantitative estimate of drug-likeness (QED) is 0.818. The fourth-order valence-corrected chi connectivity index (χ4v) is 2.97. The van der Waals surface area contributed by atoms with Crippen LogP contribution in [0.1, 0.15) is 22.3 Å². The minimum absolute atomic E-state index is 0.0119. The van der Waals surface area contributed by atoms with Crippen molar-refractivity contribution >= 4 is 17.5 Å². The van der Waals surface area contributed by atoms with Crippen LogP contribution in [-0.2, 0) is 17.9 Å². The third kappa shape index (κ3) is 6.07. The molecular weight excluding hydrogens is 336 g/mol. The first-order valence-electron chi connectivity index (χ1n) is 8.24. The maximum atomic E-state index is 12.0. The van der Waals surface area contributed by atoms with Crippen LogP contribution in [0.2, 0.25) is 5.02 Å². The van der Waals surface area contributed by atoms with Crippen LogP contribution in [0.3, 0.4) is 0 Å².